The molecule has 0 heterocycles. The van der Waals surface area contributed by atoms with Crippen LogP contribution in [0.4, 0.5) is 0 Å². The van der Waals surface area contributed by atoms with Gasteiger partial charge in [-0.25, -0.2) is 0 Å². The van der Waals surface area contributed by atoms with Gasteiger partial charge in [-0.05, 0) is 46.4 Å². The van der Waals surface area contributed by atoms with Crippen molar-refractivity contribution in [3.05, 3.63) is 0 Å². The van der Waals surface area contributed by atoms with Gasteiger partial charge in [0.1, 0.15) is 0 Å². The van der Waals surface area contributed by atoms with Gasteiger partial charge in [-0.2, -0.15) is 0 Å². The predicted octanol–water partition coefficient (Wildman–Crippen LogP) is -0.194. The Kier molecular flexibility index (Phi) is 4.90. The van der Waals surface area contributed by atoms with E-state index in [0.29, 0.717) is 12.6 Å². The molecule has 1 aliphatic rings. The van der Waals surface area contributed by atoms with Crippen LogP contribution in [0.3, 0.4) is 0 Å². The van der Waals surface area contributed by atoms with Crippen LogP contribution in [0, 0.1) is 0 Å². The molecule has 0 atom stereocenters. The first-order valence-electron chi connectivity index (χ1n) is 5.33. The molecule has 1 rings (SSSR count). The molecule has 0 aromatic rings. The van der Waals surface area contributed by atoms with Crippen LogP contribution in [0.2, 0.25) is 0 Å². The average Bonchev–Trinajstić information content (AvgIpc) is 2.87. The quantitative estimate of drug-likeness (QED) is 0.558. The molecule has 0 radical (unpaired) electrons. The normalized spacial score (nSPS) is 15.9. The van der Waals surface area contributed by atoms with Gasteiger partial charge >= 0.3 is 0 Å². The molecular formula is C10H21N3O. The van der Waals surface area contributed by atoms with Crippen LogP contribution in [0.25, 0.3) is 0 Å². The second-order valence-corrected chi connectivity index (χ2v) is 4.18. The molecule has 4 nitrogen and oxygen atoms in total. The molecule has 4 heteroatoms. The maximum Gasteiger partial charge on any atom is 0.234 e. The minimum absolute atomic E-state index is 0.136. The van der Waals surface area contributed by atoms with Gasteiger partial charge in [0.05, 0.1) is 6.54 Å². The average molecular weight is 199 g/mol. The van der Waals surface area contributed by atoms with Gasteiger partial charge in [0.15, 0.2) is 0 Å². The van der Waals surface area contributed by atoms with Gasteiger partial charge < -0.3 is 15.5 Å². The van der Waals surface area contributed by atoms with E-state index in [0.717, 1.165) is 32.4 Å². The van der Waals surface area contributed by atoms with Crippen molar-refractivity contribution in [3.63, 3.8) is 0 Å². The van der Waals surface area contributed by atoms with E-state index in [2.05, 4.69) is 29.6 Å². The Morgan fingerprint density at radius 2 is 2.14 bits per heavy atom. The monoisotopic (exact) mass is 199 g/mol. The summed E-state index contributed by atoms with van der Waals surface area (Å²) in [6.45, 7) is 2.44. The van der Waals surface area contributed by atoms with E-state index in [9.17, 15) is 4.79 Å². The van der Waals surface area contributed by atoms with Crippen LogP contribution >= 0.6 is 0 Å². The highest BCUT2D eigenvalue weighted by Gasteiger charge is 2.22. The molecule has 1 amide bonds. The second kappa shape index (κ2) is 5.98. The van der Waals surface area contributed by atoms with E-state index < -0.39 is 0 Å². The summed E-state index contributed by atoms with van der Waals surface area (Å²) in [7, 11) is 4.11. The lowest BCUT2D eigenvalue weighted by Crippen LogP contribution is -2.35. The van der Waals surface area contributed by atoms with E-state index in [1.165, 1.54) is 0 Å². The summed E-state index contributed by atoms with van der Waals surface area (Å²) in [5.74, 6) is 0.136. The molecule has 0 aromatic heterocycles. The Labute approximate surface area is 86.0 Å². The Morgan fingerprint density at radius 3 is 2.71 bits per heavy atom. The van der Waals surface area contributed by atoms with Gasteiger partial charge in [-0.15, -0.1) is 0 Å². The summed E-state index contributed by atoms with van der Waals surface area (Å²) < 4.78 is 0. The number of hydrogen-bond acceptors (Lipinski definition) is 3. The third kappa shape index (κ3) is 5.94. The summed E-state index contributed by atoms with van der Waals surface area (Å²) in [5.41, 5.74) is 0. The molecule has 1 saturated carbocycles. The van der Waals surface area contributed by atoms with Crippen molar-refractivity contribution in [2.24, 2.45) is 0 Å². The van der Waals surface area contributed by atoms with Gasteiger partial charge in [0.25, 0.3) is 0 Å². The fraction of sp³-hybridized carbons (Fsp3) is 0.900. The van der Waals surface area contributed by atoms with Crippen LogP contribution in [0.15, 0.2) is 0 Å². The Bertz CT molecular complexity index is 178. The number of rotatable bonds is 7. The zero-order valence-electron chi connectivity index (χ0n) is 9.18. The lowest BCUT2D eigenvalue weighted by atomic mass is 10.4. The van der Waals surface area contributed by atoms with Crippen LogP contribution in [-0.2, 0) is 4.79 Å². The maximum absolute atomic E-state index is 11.2. The van der Waals surface area contributed by atoms with Crippen molar-refractivity contribution in [1.82, 2.24) is 15.5 Å². The van der Waals surface area contributed by atoms with Gasteiger partial charge in [0, 0.05) is 6.04 Å². The predicted molar refractivity (Wildman–Crippen MR) is 57.2 cm³/mol. The fourth-order valence-corrected chi connectivity index (χ4v) is 1.23. The smallest absolute Gasteiger partial charge is 0.234 e. The minimum Gasteiger partial charge on any atom is -0.352 e. The van der Waals surface area contributed by atoms with E-state index in [4.69, 9.17) is 0 Å². The number of hydrogen-bond donors (Lipinski definition) is 2. The van der Waals surface area contributed by atoms with E-state index >= 15 is 0 Å². The standard InChI is InChI=1S/C10H21N3O/c1-13(2)7-3-6-11-8-10(14)12-9-4-5-9/h9,11H,3-8H2,1-2H3,(H,12,14). The maximum atomic E-state index is 11.2. The Hall–Kier alpha value is -0.610. The second-order valence-electron chi connectivity index (χ2n) is 4.18. The first-order chi connectivity index (χ1) is 6.68. The highest BCUT2D eigenvalue weighted by atomic mass is 16.2. The summed E-state index contributed by atoms with van der Waals surface area (Å²) in [4.78, 5) is 13.4. The lowest BCUT2D eigenvalue weighted by Gasteiger charge is -2.09. The largest absolute Gasteiger partial charge is 0.352 e. The number of nitrogens with zero attached hydrogens (tertiary/aromatic N) is 1. The molecular weight excluding hydrogens is 178 g/mol. The molecule has 0 bridgehead atoms. The lowest BCUT2D eigenvalue weighted by molar-refractivity contribution is -0.120. The SMILES string of the molecule is CN(C)CCCNCC(=O)NC1CC1. The molecule has 0 saturated heterocycles. The molecule has 2 N–H and O–H groups in total. The topological polar surface area (TPSA) is 44.4 Å². The molecule has 0 spiro atoms. The molecule has 1 fully saturated rings. The number of nitrogens with one attached hydrogen (secondary N) is 2. The summed E-state index contributed by atoms with van der Waals surface area (Å²) in [5, 5.41) is 6.08. The van der Waals surface area contributed by atoms with Crippen LogP contribution in [-0.4, -0.2) is 50.6 Å². The Balaban J connectivity index is 1.84. The number of amides is 1. The third-order valence-corrected chi connectivity index (χ3v) is 2.19. The summed E-state index contributed by atoms with van der Waals surface area (Å²) in [6, 6.07) is 0.478. The summed E-state index contributed by atoms with van der Waals surface area (Å²) >= 11 is 0. The summed E-state index contributed by atoms with van der Waals surface area (Å²) in [6.07, 6.45) is 3.41. The van der Waals surface area contributed by atoms with E-state index in [1.807, 2.05) is 0 Å². The first-order valence-corrected chi connectivity index (χ1v) is 5.33. The van der Waals surface area contributed by atoms with Crippen molar-refractivity contribution in [2.45, 2.75) is 25.3 Å². The third-order valence-electron chi connectivity index (χ3n) is 2.19. The molecule has 82 valence electrons. The highest BCUT2D eigenvalue weighted by Crippen LogP contribution is 2.17. The Morgan fingerprint density at radius 1 is 1.43 bits per heavy atom. The molecule has 14 heavy (non-hydrogen) atoms. The van der Waals surface area contributed by atoms with Crippen molar-refractivity contribution in [2.75, 3.05) is 33.7 Å². The minimum atomic E-state index is 0.136. The van der Waals surface area contributed by atoms with Crippen LogP contribution in [0.5, 0.6) is 0 Å². The van der Waals surface area contributed by atoms with Crippen molar-refractivity contribution in [3.8, 4) is 0 Å². The van der Waals surface area contributed by atoms with Crippen molar-refractivity contribution < 1.29 is 4.79 Å². The first kappa shape index (κ1) is 11.5. The number of carbonyl (C=O) groups excluding carboxylic acids is 1. The molecule has 1 aliphatic carbocycles. The van der Waals surface area contributed by atoms with E-state index in [1.54, 1.807) is 0 Å². The van der Waals surface area contributed by atoms with Gasteiger partial charge in [0.2, 0.25) is 5.91 Å². The number of carbonyl (C=O) groups is 1. The highest BCUT2D eigenvalue weighted by molar-refractivity contribution is 5.78. The van der Waals surface area contributed by atoms with Gasteiger partial charge in [-0.3, -0.25) is 4.79 Å². The van der Waals surface area contributed by atoms with Gasteiger partial charge in [-0.1, -0.05) is 0 Å². The zero-order valence-corrected chi connectivity index (χ0v) is 9.18. The molecule has 0 unspecified atom stereocenters. The molecule has 0 aliphatic heterocycles. The zero-order chi connectivity index (χ0) is 10.4. The van der Waals surface area contributed by atoms with Crippen LogP contribution < -0.4 is 10.6 Å². The molecule has 0 aromatic carbocycles. The van der Waals surface area contributed by atoms with E-state index in [-0.39, 0.29) is 5.91 Å². The van der Waals surface area contributed by atoms with Crippen molar-refractivity contribution in [1.29, 1.82) is 0 Å². The van der Waals surface area contributed by atoms with Crippen LogP contribution in [0.1, 0.15) is 19.3 Å². The van der Waals surface area contributed by atoms with Crippen molar-refractivity contribution >= 4 is 5.91 Å². The fourth-order valence-electron chi connectivity index (χ4n) is 1.23.